The number of aromatic nitrogens is 2. The predicted octanol–water partition coefficient (Wildman–Crippen LogP) is 5.03. The van der Waals surface area contributed by atoms with Crippen LogP contribution in [0.25, 0.3) is 11.5 Å². The van der Waals surface area contributed by atoms with Crippen molar-refractivity contribution in [2.45, 2.75) is 31.4 Å². The molecule has 2 aromatic carbocycles. The number of thioether (sulfide) groups is 1. The van der Waals surface area contributed by atoms with Crippen LogP contribution in [0.2, 0.25) is 0 Å². The molecule has 0 amide bonds. The third kappa shape index (κ3) is 4.98. The summed E-state index contributed by atoms with van der Waals surface area (Å²) in [7, 11) is 3.15. The number of ketones is 1. The molecule has 0 saturated carbocycles. The molecule has 7 heteroatoms. The van der Waals surface area contributed by atoms with Crippen molar-refractivity contribution >= 4 is 17.5 Å². The number of benzene rings is 2. The third-order valence-electron chi connectivity index (χ3n) is 4.45. The third-order valence-corrected chi connectivity index (χ3v) is 5.26. The van der Waals surface area contributed by atoms with Crippen LogP contribution in [0, 0.1) is 0 Å². The Kier molecular flexibility index (Phi) is 6.27. The Morgan fingerprint density at radius 2 is 1.76 bits per heavy atom. The number of carbonyl (C=O) groups is 1. The van der Waals surface area contributed by atoms with Crippen molar-refractivity contribution in [2.75, 3.05) is 20.0 Å². The number of carbonyl (C=O) groups excluding carboxylic acids is 1. The van der Waals surface area contributed by atoms with Crippen LogP contribution >= 0.6 is 11.8 Å². The van der Waals surface area contributed by atoms with Crippen molar-refractivity contribution in [1.82, 2.24) is 10.2 Å². The Bertz CT molecular complexity index is 991. The van der Waals surface area contributed by atoms with Gasteiger partial charge >= 0.3 is 0 Å². The standard InChI is InChI=1S/C22H24N2O4S/c1-22(2,3)15-8-6-14(7-9-15)18(25)13-29-21-24-23-20(28-21)17-11-10-16(26-4)12-19(17)27-5/h6-12H,13H2,1-5H3. The predicted molar refractivity (Wildman–Crippen MR) is 113 cm³/mol. The molecule has 0 fully saturated rings. The van der Waals surface area contributed by atoms with Gasteiger partial charge in [-0.05, 0) is 23.1 Å². The molecule has 6 nitrogen and oxygen atoms in total. The summed E-state index contributed by atoms with van der Waals surface area (Å²) in [4.78, 5) is 12.5. The second-order valence-electron chi connectivity index (χ2n) is 7.48. The van der Waals surface area contributed by atoms with Crippen LogP contribution < -0.4 is 9.47 Å². The summed E-state index contributed by atoms with van der Waals surface area (Å²) in [6, 6.07) is 13.1. The zero-order valence-electron chi connectivity index (χ0n) is 17.2. The van der Waals surface area contributed by atoms with E-state index in [1.165, 1.54) is 17.3 Å². The van der Waals surface area contributed by atoms with Gasteiger partial charge in [-0.3, -0.25) is 4.79 Å². The summed E-state index contributed by atoms with van der Waals surface area (Å²) in [5, 5.41) is 8.43. The van der Waals surface area contributed by atoms with Crippen molar-refractivity contribution in [3.05, 3.63) is 53.6 Å². The molecule has 29 heavy (non-hydrogen) atoms. The maximum Gasteiger partial charge on any atom is 0.277 e. The molecule has 0 bridgehead atoms. The first kappa shape index (κ1) is 20.9. The van der Waals surface area contributed by atoms with Gasteiger partial charge in [-0.1, -0.05) is 56.8 Å². The first-order valence-corrected chi connectivity index (χ1v) is 10.1. The van der Waals surface area contributed by atoms with Gasteiger partial charge in [0.05, 0.1) is 25.5 Å². The number of methoxy groups -OCH3 is 2. The highest BCUT2D eigenvalue weighted by molar-refractivity contribution is 7.99. The largest absolute Gasteiger partial charge is 0.497 e. The topological polar surface area (TPSA) is 74.5 Å². The second-order valence-corrected chi connectivity index (χ2v) is 8.41. The fraction of sp³-hybridized carbons (Fsp3) is 0.318. The molecule has 0 aliphatic rings. The van der Waals surface area contributed by atoms with E-state index in [1.54, 1.807) is 32.4 Å². The monoisotopic (exact) mass is 412 g/mol. The molecule has 152 valence electrons. The van der Waals surface area contributed by atoms with Crippen molar-refractivity contribution in [2.24, 2.45) is 0 Å². The average Bonchev–Trinajstić information content (AvgIpc) is 3.19. The highest BCUT2D eigenvalue weighted by Crippen LogP contribution is 2.33. The number of nitrogens with zero attached hydrogens (tertiary/aromatic N) is 2. The molecule has 3 rings (SSSR count). The maximum atomic E-state index is 12.5. The first-order valence-electron chi connectivity index (χ1n) is 9.14. The number of ether oxygens (including phenoxy) is 2. The molecule has 0 N–H and O–H groups in total. The van der Waals surface area contributed by atoms with Gasteiger partial charge in [0.1, 0.15) is 11.5 Å². The molecule has 1 aromatic heterocycles. The highest BCUT2D eigenvalue weighted by Gasteiger charge is 2.17. The molecule has 0 spiro atoms. The Balaban J connectivity index is 1.67. The lowest BCUT2D eigenvalue weighted by molar-refractivity contribution is 0.102. The van der Waals surface area contributed by atoms with Gasteiger partial charge in [0.2, 0.25) is 0 Å². The average molecular weight is 413 g/mol. The molecule has 1 heterocycles. The van der Waals surface area contributed by atoms with Gasteiger partial charge in [-0.15, -0.1) is 10.2 Å². The summed E-state index contributed by atoms with van der Waals surface area (Å²) >= 11 is 1.21. The number of Topliss-reactive ketones (excluding diaryl/α,β-unsaturated/α-hetero) is 1. The summed E-state index contributed by atoms with van der Waals surface area (Å²) in [5.74, 6) is 1.80. The second kappa shape index (κ2) is 8.69. The van der Waals surface area contributed by atoms with E-state index in [0.717, 1.165) is 0 Å². The Hall–Kier alpha value is -2.80. The molecular weight excluding hydrogens is 388 g/mol. The minimum Gasteiger partial charge on any atom is -0.497 e. The fourth-order valence-electron chi connectivity index (χ4n) is 2.72. The Morgan fingerprint density at radius 1 is 1.03 bits per heavy atom. The van der Waals surface area contributed by atoms with Crippen LogP contribution in [-0.2, 0) is 5.41 Å². The number of hydrogen-bond donors (Lipinski definition) is 0. The van der Waals surface area contributed by atoms with Crippen molar-refractivity contribution in [3.8, 4) is 23.0 Å². The van der Waals surface area contributed by atoms with E-state index in [-0.39, 0.29) is 17.0 Å². The van der Waals surface area contributed by atoms with Gasteiger partial charge in [0.15, 0.2) is 5.78 Å². The zero-order chi connectivity index (χ0) is 21.0. The smallest absolute Gasteiger partial charge is 0.277 e. The van der Waals surface area contributed by atoms with E-state index >= 15 is 0 Å². The van der Waals surface area contributed by atoms with Crippen molar-refractivity contribution in [3.63, 3.8) is 0 Å². The minimum atomic E-state index is 0.0113. The SMILES string of the molecule is COc1ccc(-c2nnc(SCC(=O)c3ccc(C(C)(C)C)cc3)o2)c(OC)c1. The van der Waals surface area contributed by atoms with Gasteiger partial charge < -0.3 is 13.9 Å². The van der Waals surface area contributed by atoms with Crippen LogP contribution in [0.1, 0.15) is 36.7 Å². The van der Waals surface area contributed by atoms with E-state index in [2.05, 4.69) is 31.0 Å². The molecule has 0 aliphatic carbocycles. The summed E-state index contributed by atoms with van der Waals surface area (Å²) in [6.07, 6.45) is 0. The van der Waals surface area contributed by atoms with E-state index in [9.17, 15) is 4.79 Å². The zero-order valence-corrected chi connectivity index (χ0v) is 18.0. The Labute approximate surface area is 174 Å². The van der Waals surface area contributed by atoms with Crippen LogP contribution in [0.15, 0.2) is 52.1 Å². The van der Waals surface area contributed by atoms with Gasteiger partial charge in [0, 0.05) is 11.6 Å². The molecule has 0 saturated heterocycles. The summed E-state index contributed by atoms with van der Waals surface area (Å²) in [6.45, 7) is 6.43. The fourth-order valence-corrected chi connectivity index (χ4v) is 3.38. The van der Waals surface area contributed by atoms with E-state index in [1.807, 2.05) is 24.3 Å². The number of rotatable bonds is 7. The van der Waals surface area contributed by atoms with Crippen LogP contribution in [0.4, 0.5) is 0 Å². The lowest BCUT2D eigenvalue weighted by Crippen LogP contribution is -2.11. The molecule has 3 aromatic rings. The van der Waals surface area contributed by atoms with Gasteiger partial charge in [0.25, 0.3) is 11.1 Å². The van der Waals surface area contributed by atoms with Crippen LogP contribution in [0.3, 0.4) is 0 Å². The first-order chi connectivity index (χ1) is 13.8. The van der Waals surface area contributed by atoms with Crippen molar-refractivity contribution < 1.29 is 18.7 Å². The lowest BCUT2D eigenvalue weighted by Gasteiger charge is -2.18. The normalized spacial score (nSPS) is 11.3. The van der Waals surface area contributed by atoms with Crippen molar-refractivity contribution in [1.29, 1.82) is 0 Å². The quantitative estimate of drug-likeness (QED) is 0.398. The van der Waals surface area contributed by atoms with E-state index in [4.69, 9.17) is 13.9 Å². The minimum absolute atomic E-state index is 0.0113. The van der Waals surface area contributed by atoms with E-state index < -0.39 is 0 Å². The van der Waals surface area contributed by atoms with E-state index in [0.29, 0.717) is 33.7 Å². The van der Waals surface area contributed by atoms with Crippen LogP contribution in [-0.4, -0.2) is 36.0 Å². The Morgan fingerprint density at radius 3 is 2.38 bits per heavy atom. The highest BCUT2D eigenvalue weighted by atomic mass is 32.2. The number of hydrogen-bond acceptors (Lipinski definition) is 7. The summed E-state index contributed by atoms with van der Waals surface area (Å²) < 4.78 is 16.3. The maximum absolute atomic E-state index is 12.5. The van der Waals surface area contributed by atoms with Crippen LogP contribution in [0.5, 0.6) is 11.5 Å². The molecule has 0 unspecified atom stereocenters. The van der Waals surface area contributed by atoms with Gasteiger partial charge in [-0.2, -0.15) is 0 Å². The molecule has 0 radical (unpaired) electrons. The molecule has 0 aliphatic heterocycles. The lowest BCUT2D eigenvalue weighted by atomic mass is 9.86. The van der Waals surface area contributed by atoms with Gasteiger partial charge in [-0.25, -0.2) is 0 Å². The molecular formula is C22H24N2O4S. The molecule has 0 atom stereocenters. The summed E-state index contributed by atoms with van der Waals surface area (Å²) in [5.41, 5.74) is 2.58.